The second-order valence-corrected chi connectivity index (χ2v) is 10.1. The van der Waals surface area contributed by atoms with E-state index in [-0.39, 0.29) is 50.9 Å². The monoisotopic (exact) mass is 612 g/mol. The van der Waals surface area contributed by atoms with Crippen LogP contribution in [0.4, 0.5) is 4.39 Å². The van der Waals surface area contributed by atoms with E-state index in [1.165, 1.54) is 56.3 Å². The summed E-state index contributed by atoms with van der Waals surface area (Å²) in [6, 6.07) is 13.1. The van der Waals surface area contributed by atoms with Crippen LogP contribution in [-0.4, -0.2) is 23.9 Å². The maximum Gasteiger partial charge on any atom is 0.338 e. The molecular weight excluding hydrogens is 579 g/mol. The first kappa shape index (κ1) is 33.9. The van der Waals surface area contributed by atoms with E-state index in [4.69, 9.17) is 18.9 Å². The zero-order valence-corrected chi connectivity index (χ0v) is 25.6. The lowest BCUT2D eigenvalue weighted by Crippen LogP contribution is -2.13. The van der Waals surface area contributed by atoms with E-state index in [1.807, 2.05) is 0 Å². The number of benzene rings is 3. The van der Waals surface area contributed by atoms with Gasteiger partial charge in [0.25, 0.3) is 0 Å². The fraction of sp³-hybridized carbons (Fsp3) is 0.167. The van der Waals surface area contributed by atoms with Crippen molar-refractivity contribution in [1.29, 1.82) is 0 Å². The average molecular weight is 613 g/mol. The highest BCUT2D eigenvalue weighted by Crippen LogP contribution is 2.38. The van der Waals surface area contributed by atoms with Crippen LogP contribution in [0.3, 0.4) is 0 Å². The Hall–Kier alpha value is -5.57. The van der Waals surface area contributed by atoms with Crippen LogP contribution in [0.1, 0.15) is 40.5 Å². The van der Waals surface area contributed by atoms with Crippen molar-refractivity contribution in [3.8, 4) is 45.3 Å². The quantitative estimate of drug-likeness (QED) is 0.116. The summed E-state index contributed by atoms with van der Waals surface area (Å²) in [6.07, 6.45) is 0.679. The highest BCUT2D eigenvalue weighted by atomic mass is 19.1. The van der Waals surface area contributed by atoms with Gasteiger partial charge in [0, 0.05) is 27.9 Å². The van der Waals surface area contributed by atoms with Crippen molar-refractivity contribution < 1.29 is 42.5 Å². The first-order valence-electron chi connectivity index (χ1n) is 13.9. The van der Waals surface area contributed by atoms with Gasteiger partial charge in [0.15, 0.2) is 23.0 Å². The molecule has 0 aliphatic heterocycles. The Balaban J connectivity index is 2.03. The van der Waals surface area contributed by atoms with Crippen LogP contribution in [0.5, 0.6) is 23.0 Å². The van der Waals surface area contributed by atoms with Gasteiger partial charge in [-0.05, 0) is 73.7 Å². The lowest BCUT2D eigenvalue weighted by molar-refractivity contribution is -0.132. The fourth-order valence-corrected chi connectivity index (χ4v) is 3.63. The minimum absolute atomic E-state index is 0.0265. The van der Waals surface area contributed by atoms with Gasteiger partial charge in [-0.25, -0.2) is 23.6 Å². The molecule has 0 heterocycles. The normalized spacial score (nSPS) is 10.3. The molecule has 3 rings (SSSR count). The number of ether oxygens (including phenoxy) is 4. The summed E-state index contributed by atoms with van der Waals surface area (Å²) in [5.41, 5.74) is 2.02. The molecule has 0 fully saturated rings. The Bertz CT molecular complexity index is 1750. The second kappa shape index (κ2) is 14.7. The van der Waals surface area contributed by atoms with Crippen molar-refractivity contribution in [1.82, 2.24) is 0 Å². The number of hydrogen-bond acceptors (Lipinski definition) is 8. The van der Waals surface area contributed by atoms with Crippen LogP contribution < -0.4 is 18.9 Å². The van der Waals surface area contributed by atoms with Crippen LogP contribution in [0.2, 0.25) is 0 Å². The Morgan fingerprint density at radius 1 is 0.556 bits per heavy atom. The minimum atomic E-state index is -0.727. The molecule has 0 N–H and O–H groups in total. The molecular formula is C36H33FO8. The SMILES string of the molecule is C=C(C)C(=O)Oc1ccc(-c2ccc(-c3ccc(OC(=O)C(=C)C)c(OC(=O)C(=C)CC)c3)c(F)c2)cc1OC(=O)C(=C)CC. The van der Waals surface area contributed by atoms with E-state index >= 15 is 4.39 Å². The summed E-state index contributed by atoms with van der Waals surface area (Å²) in [4.78, 5) is 49.3. The Morgan fingerprint density at radius 2 is 0.933 bits per heavy atom. The molecule has 0 bridgehead atoms. The number of esters is 4. The van der Waals surface area contributed by atoms with Crippen LogP contribution in [0.25, 0.3) is 22.3 Å². The summed E-state index contributed by atoms with van der Waals surface area (Å²) >= 11 is 0. The van der Waals surface area contributed by atoms with Crippen molar-refractivity contribution in [2.75, 3.05) is 0 Å². The van der Waals surface area contributed by atoms with Crippen molar-refractivity contribution >= 4 is 23.9 Å². The lowest BCUT2D eigenvalue weighted by atomic mass is 9.99. The van der Waals surface area contributed by atoms with Gasteiger partial charge in [0.05, 0.1) is 0 Å². The Kier molecular flexibility index (Phi) is 11.1. The van der Waals surface area contributed by atoms with Crippen LogP contribution in [-0.2, 0) is 19.2 Å². The summed E-state index contributed by atoms with van der Waals surface area (Å²) in [5.74, 6) is -3.76. The molecule has 8 nitrogen and oxygen atoms in total. The molecule has 0 aliphatic rings. The van der Waals surface area contributed by atoms with Gasteiger partial charge in [-0.1, -0.05) is 64.4 Å². The standard InChI is InChI=1S/C36H33FO8/c1-9-22(7)35(40)44-31-18-25(12-15-29(31)42-33(38)20(3)4)24-11-14-27(28(37)17-24)26-13-16-30(43-34(39)21(5)6)32(19-26)45-36(41)23(8)10-2/h11-19H,3,5,7-10H2,1-2,4,6H3. The Labute approximate surface area is 261 Å². The number of carbonyl (C=O) groups excluding carboxylic acids is 4. The highest BCUT2D eigenvalue weighted by molar-refractivity contribution is 5.93. The molecule has 9 heteroatoms. The summed E-state index contributed by atoms with van der Waals surface area (Å²) in [6.45, 7) is 20.9. The molecule has 0 amide bonds. The van der Waals surface area contributed by atoms with Crippen molar-refractivity contribution in [3.63, 3.8) is 0 Å². The smallest absolute Gasteiger partial charge is 0.338 e. The molecule has 0 aromatic heterocycles. The predicted molar refractivity (Wildman–Crippen MR) is 168 cm³/mol. The van der Waals surface area contributed by atoms with E-state index in [2.05, 4.69) is 26.3 Å². The molecule has 45 heavy (non-hydrogen) atoms. The number of halogens is 1. The van der Waals surface area contributed by atoms with Crippen LogP contribution >= 0.6 is 0 Å². The predicted octanol–water partition coefficient (Wildman–Crippen LogP) is 7.87. The van der Waals surface area contributed by atoms with Crippen molar-refractivity contribution in [2.45, 2.75) is 40.5 Å². The van der Waals surface area contributed by atoms with E-state index in [1.54, 1.807) is 26.0 Å². The third kappa shape index (κ3) is 8.51. The maximum absolute atomic E-state index is 15.6. The largest absolute Gasteiger partial charge is 0.419 e. The molecule has 0 aliphatic carbocycles. The maximum atomic E-state index is 15.6. The third-order valence-electron chi connectivity index (χ3n) is 6.44. The van der Waals surface area contributed by atoms with Crippen LogP contribution in [0.15, 0.2) is 103 Å². The molecule has 3 aromatic rings. The van der Waals surface area contributed by atoms with E-state index in [0.717, 1.165) is 0 Å². The first-order valence-corrected chi connectivity index (χ1v) is 13.9. The molecule has 3 aromatic carbocycles. The van der Waals surface area contributed by atoms with Gasteiger partial charge in [-0.2, -0.15) is 0 Å². The number of hydrogen-bond donors (Lipinski definition) is 0. The van der Waals surface area contributed by atoms with Crippen molar-refractivity contribution in [2.24, 2.45) is 0 Å². The summed E-state index contributed by atoms with van der Waals surface area (Å²) in [7, 11) is 0. The van der Waals surface area contributed by atoms with Gasteiger partial charge >= 0.3 is 23.9 Å². The molecule has 0 spiro atoms. The Morgan fingerprint density at radius 3 is 1.36 bits per heavy atom. The highest BCUT2D eigenvalue weighted by Gasteiger charge is 2.20. The minimum Gasteiger partial charge on any atom is -0.419 e. The van der Waals surface area contributed by atoms with Gasteiger partial charge in [-0.3, -0.25) is 0 Å². The van der Waals surface area contributed by atoms with Gasteiger partial charge < -0.3 is 18.9 Å². The van der Waals surface area contributed by atoms with Gasteiger partial charge in [0.2, 0.25) is 0 Å². The van der Waals surface area contributed by atoms with E-state index in [9.17, 15) is 19.2 Å². The number of rotatable bonds is 12. The third-order valence-corrected chi connectivity index (χ3v) is 6.44. The lowest BCUT2D eigenvalue weighted by Gasteiger charge is -2.14. The molecule has 0 saturated carbocycles. The van der Waals surface area contributed by atoms with Crippen LogP contribution in [0, 0.1) is 5.82 Å². The van der Waals surface area contributed by atoms with E-state index in [0.29, 0.717) is 29.5 Å². The molecule has 0 saturated heterocycles. The van der Waals surface area contributed by atoms with Gasteiger partial charge in [-0.15, -0.1) is 0 Å². The fourth-order valence-electron chi connectivity index (χ4n) is 3.63. The molecule has 232 valence electrons. The number of carbonyl (C=O) groups is 4. The summed E-state index contributed by atoms with van der Waals surface area (Å²) < 4.78 is 37.2. The van der Waals surface area contributed by atoms with Crippen molar-refractivity contribution in [3.05, 3.63) is 109 Å². The molecule has 0 unspecified atom stereocenters. The first-order chi connectivity index (χ1) is 21.2. The second-order valence-electron chi connectivity index (χ2n) is 10.1. The average Bonchev–Trinajstić information content (AvgIpc) is 3.01. The summed E-state index contributed by atoms with van der Waals surface area (Å²) in [5, 5.41) is 0. The zero-order valence-electron chi connectivity index (χ0n) is 25.6. The molecule has 0 radical (unpaired) electrons. The molecule has 0 atom stereocenters. The topological polar surface area (TPSA) is 105 Å². The van der Waals surface area contributed by atoms with Gasteiger partial charge in [0.1, 0.15) is 5.82 Å². The zero-order chi connectivity index (χ0) is 33.4. The van der Waals surface area contributed by atoms with E-state index < -0.39 is 29.7 Å².